The number of anilines is 1. The van der Waals surface area contributed by atoms with Crippen molar-refractivity contribution in [1.29, 1.82) is 0 Å². The highest BCUT2D eigenvalue weighted by molar-refractivity contribution is 7.89. The monoisotopic (exact) mass is 282 g/mol. The number of rotatable bonds is 5. The molecule has 1 aliphatic rings. The lowest BCUT2D eigenvalue weighted by atomic mass is 10.2. The molecular weight excluding hydrogens is 264 g/mol. The van der Waals surface area contributed by atoms with Gasteiger partial charge in [-0.1, -0.05) is 19.9 Å². The summed E-state index contributed by atoms with van der Waals surface area (Å²) >= 11 is 0. The summed E-state index contributed by atoms with van der Waals surface area (Å²) in [6.45, 7) is 3.56. The molecule has 0 aliphatic heterocycles. The van der Waals surface area contributed by atoms with Gasteiger partial charge in [0.1, 0.15) is 0 Å². The predicted molar refractivity (Wildman–Crippen MR) is 73.3 cm³/mol. The van der Waals surface area contributed by atoms with Gasteiger partial charge in [0.2, 0.25) is 15.9 Å². The van der Waals surface area contributed by atoms with Crippen LogP contribution in [0.4, 0.5) is 5.69 Å². The minimum atomic E-state index is -3.48. The molecule has 0 aromatic heterocycles. The van der Waals surface area contributed by atoms with Crippen LogP contribution in [0.5, 0.6) is 0 Å². The van der Waals surface area contributed by atoms with E-state index in [-0.39, 0.29) is 22.8 Å². The lowest BCUT2D eigenvalue weighted by molar-refractivity contribution is -0.118. The van der Waals surface area contributed by atoms with Gasteiger partial charge in [-0.25, -0.2) is 13.1 Å². The highest BCUT2D eigenvalue weighted by Gasteiger charge is 2.28. The lowest BCUT2D eigenvalue weighted by Gasteiger charge is -2.10. The van der Waals surface area contributed by atoms with Crippen molar-refractivity contribution in [2.75, 3.05) is 5.32 Å². The summed E-state index contributed by atoms with van der Waals surface area (Å²) in [6, 6.07) is 6.37. The number of carbonyl (C=O) groups is 1. The molecule has 0 unspecified atom stereocenters. The number of hydrogen-bond donors (Lipinski definition) is 2. The van der Waals surface area contributed by atoms with Crippen LogP contribution in [-0.2, 0) is 14.8 Å². The fourth-order valence-electron chi connectivity index (χ4n) is 1.52. The largest absolute Gasteiger partial charge is 0.326 e. The third-order valence-corrected chi connectivity index (χ3v) is 4.35. The van der Waals surface area contributed by atoms with Gasteiger partial charge in [-0.05, 0) is 31.0 Å². The first-order valence-corrected chi connectivity index (χ1v) is 7.80. The maximum Gasteiger partial charge on any atom is 0.240 e. The molecule has 0 atom stereocenters. The maximum absolute atomic E-state index is 12.0. The second-order valence-corrected chi connectivity index (χ2v) is 6.78. The van der Waals surface area contributed by atoms with E-state index in [0.717, 1.165) is 12.8 Å². The molecule has 5 nitrogen and oxygen atoms in total. The van der Waals surface area contributed by atoms with Gasteiger partial charge in [-0.2, -0.15) is 0 Å². The summed E-state index contributed by atoms with van der Waals surface area (Å²) in [6.07, 6.45) is 1.78. The van der Waals surface area contributed by atoms with Crippen LogP contribution in [-0.4, -0.2) is 20.4 Å². The SMILES string of the molecule is CC(C)C(=O)Nc1cccc(S(=O)(=O)NC2CC2)c1. The van der Waals surface area contributed by atoms with Crippen molar-refractivity contribution in [1.82, 2.24) is 4.72 Å². The molecule has 1 saturated carbocycles. The van der Waals surface area contributed by atoms with E-state index >= 15 is 0 Å². The zero-order valence-corrected chi connectivity index (χ0v) is 11.8. The summed E-state index contributed by atoms with van der Waals surface area (Å²) in [5.41, 5.74) is 0.498. The number of sulfonamides is 1. The van der Waals surface area contributed by atoms with Crippen molar-refractivity contribution < 1.29 is 13.2 Å². The van der Waals surface area contributed by atoms with E-state index < -0.39 is 10.0 Å². The Kier molecular flexibility index (Phi) is 3.91. The minimum Gasteiger partial charge on any atom is -0.326 e. The third kappa shape index (κ3) is 3.78. The van der Waals surface area contributed by atoms with Gasteiger partial charge in [0.05, 0.1) is 4.90 Å². The molecule has 2 rings (SSSR count). The Morgan fingerprint density at radius 2 is 2.00 bits per heavy atom. The van der Waals surface area contributed by atoms with Crippen molar-refractivity contribution in [2.24, 2.45) is 5.92 Å². The quantitative estimate of drug-likeness (QED) is 0.863. The van der Waals surface area contributed by atoms with Gasteiger partial charge in [0.25, 0.3) is 0 Å². The van der Waals surface area contributed by atoms with Crippen molar-refractivity contribution in [2.45, 2.75) is 37.6 Å². The molecule has 0 radical (unpaired) electrons. The molecule has 19 heavy (non-hydrogen) atoms. The normalized spacial score (nSPS) is 15.5. The summed E-state index contributed by atoms with van der Waals surface area (Å²) in [7, 11) is -3.48. The Morgan fingerprint density at radius 1 is 1.32 bits per heavy atom. The van der Waals surface area contributed by atoms with E-state index in [1.54, 1.807) is 26.0 Å². The standard InChI is InChI=1S/C13H18N2O3S/c1-9(2)13(16)14-11-4-3-5-12(8-11)19(17,18)15-10-6-7-10/h3-5,8-10,15H,6-7H2,1-2H3,(H,14,16). The Labute approximate surface area is 113 Å². The summed E-state index contributed by atoms with van der Waals surface area (Å²) in [5, 5.41) is 2.69. The fourth-order valence-corrected chi connectivity index (χ4v) is 2.87. The van der Waals surface area contributed by atoms with Crippen LogP contribution in [0.15, 0.2) is 29.2 Å². The van der Waals surface area contributed by atoms with E-state index in [1.807, 2.05) is 0 Å². The van der Waals surface area contributed by atoms with Crippen LogP contribution in [0.3, 0.4) is 0 Å². The van der Waals surface area contributed by atoms with Crippen LogP contribution in [0.1, 0.15) is 26.7 Å². The maximum atomic E-state index is 12.0. The summed E-state index contributed by atoms with van der Waals surface area (Å²) in [4.78, 5) is 11.8. The smallest absolute Gasteiger partial charge is 0.240 e. The number of amides is 1. The first-order chi connectivity index (χ1) is 8.88. The molecule has 104 valence electrons. The van der Waals surface area contributed by atoms with E-state index in [1.165, 1.54) is 12.1 Å². The molecular formula is C13H18N2O3S. The molecule has 2 N–H and O–H groups in total. The van der Waals surface area contributed by atoms with Crippen LogP contribution < -0.4 is 10.0 Å². The second kappa shape index (κ2) is 5.30. The number of benzene rings is 1. The zero-order chi connectivity index (χ0) is 14.0. The molecule has 1 fully saturated rings. The molecule has 0 spiro atoms. The second-order valence-electron chi connectivity index (χ2n) is 5.07. The highest BCUT2D eigenvalue weighted by Crippen LogP contribution is 2.23. The Hall–Kier alpha value is -1.40. The molecule has 0 saturated heterocycles. The van der Waals surface area contributed by atoms with Crippen LogP contribution >= 0.6 is 0 Å². The fraction of sp³-hybridized carbons (Fsp3) is 0.462. The lowest BCUT2D eigenvalue weighted by Crippen LogP contribution is -2.26. The molecule has 1 aromatic rings. The van der Waals surface area contributed by atoms with Crippen LogP contribution in [0.2, 0.25) is 0 Å². The molecule has 1 aromatic carbocycles. The van der Waals surface area contributed by atoms with Crippen LogP contribution in [0, 0.1) is 5.92 Å². The first-order valence-electron chi connectivity index (χ1n) is 6.32. The number of nitrogens with one attached hydrogen (secondary N) is 2. The topological polar surface area (TPSA) is 75.3 Å². The van der Waals surface area contributed by atoms with Crippen molar-refractivity contribution in [3.05, 3.63) is 24.3 Å². The first kappa shape index (κ1) is 14.0. The molecule has 0 bridgehead atoms. The van der Waals surface area contributed by atoms with Gasteiger partial charge >= 0.3 is 0 Å². The zero-order valence-electron chi connectivity index (χ0n) is 11.0. The molecule has 0 heterocycles. The average molecular weight is 282 g/mol. The van der Waals surface area contributed by atoms with E-state index in [9.17, 15) is 13.2 Å². The van der Waals surface area contributed by atoms with Crippen molar-refractivity contribution in [3.63, 3.8) is 0 Å². The predicted octanol–water partition coefficient (Wildman–Crippen LogP) is 1.72. The van der Waals surface area contributed by atoms with Gasteiger partial charge in [-0.3, -0.25) is 4.79 Å². The van der Waals surface area contributed by atoms with E-state index in [0.29, 0.717) is 5.69 Å². The highest BCUT2D eigenvalue weighted by atomic mass is 32.2. The van der Waals surface area contributed by atoms with E-state index in [2.05, 4.69) is 10.0 Å². The minimum absolute atomic E-state index is 0.0684. The van der Waals surface area contributed by atoms with E-state index in [4.69, 9.17) is 0 Å². The average Bonchev–Trinajstić information content (AvgIpc) is 3.12. The molecule has 6 heteroatoms. The van der Waals surface area contributed by atoms with Crippen LogP contribution in [0.25, 0.3) is 0 Å². The summed E-state index contributed by atoms with van der Waals surface area (Å²) < 4.78 is 26.7. The Morgan fingerprint density at radius 3 is 2.58 bits per heavy atom. The van der Waals surface area contributed by atoms with Gasteiger partial charge in [0.15, 0.2) is 0 Å². The molecule has 1 aliphatic carbocycles. The van der Waals surface area contributed by atoms with Gasteiger partial charge in [-0.15, -0.1) is 0 Å². The number of hydrogen-bond acceptors (Lipinski definition) is 3. The molecule has 1 amide bonds. The van der Waals surface area contributed by atoms with Crippen molar-refractivity contribution >= 4 is 21.6 Å². The van der Waals surface area contributed by atoms with Crippen molar-refractivity contribution in [3.8, 4) is 0 Å². The van der Waals surface area contributed by atoms with Gasteiger partial charge in [0, 0.05) is 17.6 Å². The third-order valence-electron chi connectivity index (χ3n) is 2.84. The summed E-state index contributed by atoms with van der Waals surface area (Å²) in [5.74, 6) is -0.283. The van der Waals surface area contributed by atoms with Gasteiger partial charge < -0.3 is 5.32 Å². The Balaban J connectivity index is 2.16. The Bertz CT molecular complexity index is 577. The number of carbonyl (C=O) groups excluding carboxylic acids is 1.